The normalized spacial score (nSPS) is 25.0. The first-order chi connectivity index (χ1) is 19.5. The number of likely N-dealkylation sites (tertiary alicyclic amines) is 3. The zero-order valence-corrected chi connectivity index (χ0v) is 25.0. The van der Waals surface area contributed by atoms with Gasteiger partial charge in [0, 0.05) is 57.8 Å². The second-order valence-electron chi connectivity index (χ2n) is 12.3. The summed E-state index contributed by atoms with van der Waals surface area (Å²) in [4.78, 5) is 33.8. The third-order valence-electron chi connectivity index (χ3n) is 9.99. The molecule has 4 aliphatic rings. The standard InChI is InChI=1S/C33H43N3O4.ClH/c1-39-29-9-7-25(8-10-29)21-35-18-15-33(32(35)38)13-16-34(17-14-33)22-28-23-36(31(37)27-11-19-40-20-12-27)24-30(28)26-5-3-2-4-6-26;/h2-10,27-28,30H,11-24H2,1H3;1H. The molecule has 0 radical (unpaired) electrons. The van der Waals surface area contributed by atoms with Gasteiger partial charge in [-0.3, -0.25) is 9.59 Å². The van der Waals surface area contributed by atoms with Crippen LogP contribution in [0.4, 0.5) is 0 Å². The van der Waals surface area contributed by atoms with E-state index < -0.39 is 0 Å². The molecule has 4 heterocycles. The van der Waals surface area contributed by atoms with Crippen molar-refractivity contribution in [1.82, 2.24) is 14.7 Å². The van der Waals surface area contributed by atoms with E-state index in [9.17, 15) is 9.59 Å². The highest BCUT2D eigenvalue weighted by Crippen LogP contribution is 2.43. The Kier molecular flexibility index (Phi) is 9.57. The molecule has 2 unspecified atom stereocenters. The molecule has 4 saturated heterocycles. The van der Waals surface area contributed by atoms with Crippen LogP contribution in [0.2, 0.25) is 0 Å². The molecule has 0 bridgehead atoms. The molecule has 2 aromatic rings. The van der Waals surface area contributed by atoms with Crippen LogP contribution in [0.25, 0.3) is 0 Å². The molecule has 4 aliphatic heterocycles. The van der Waals surface area contributed by atoms with E-state index in [1.807, 2.05) is 12.1 Å². The highest BCUT2D eigenvalue weighted by atomic mass is 35.5. The minimum absolute atomic E-state index is 0. The number of carbonyl (C=O) groups is 2. The summed E-state index contributed by atoms with van der Waals surface area (Å²) in [5, 5.41) is 0. The van der Waals surface area contributed by atoms with Crippen molar-refractivity contribution < 1.29 is 19.1 Å². The Morgan fingerprint density at radius 3 is 2.32 bits per heavy atom. The van der Waals surface area contributed by atoms with Crippen molar-refractivity contribution in [3.63, 3.8) is 0 Å². The quantitative estimate of drug-likeness (QED) is 0.478. The van der Waals surface area contributed by atoms with Gasteiger partial charge < -0.3 is 24.2 Å². The van der Waals surface area contributed by atoms with E-state index in [0.29, 0.717) is 43.4 Å². The average molecular weight is 582 g/mol. The van der Waals surface area contributed by atoms with Gasteiger partial charge in [0.1, 0.15) is 5.75 Å². The first-order valence-corrected chi connectivity index (χ1v) is 15.1. The number of benzene rings is 2. The van der Waals surface area contributed by atoms with Crippen LogP contribution < -0.4 is 4.74 Å². The summed E-state index contributed by atoms with van der Waals surface area (Å²) in [6.07, 6.45) is 4.50. The second kappa shape index (κ2) is 13.1. The fourth-order valence-electron chi connectivity index (χ4n) is 7.47. The Bertz CT molecular complexity index is 1160. The summed E-state index contributed by atoms with van der Waals surface area (Å²) in [6, 6.07) is 18.8. The Balaban J connectivity index is 0.00000337. The van der Waals surface area contributed by atoms with Gasteiger partial charge in [0.25, 0.3) is 0 Å². The molecule has 2 amide bonds. The van der Waals surface area contributed by atoms with Crippen molar-refractivity contribution in [1.29, 1.82) is 0 Å². The summed E-state index contributed by atoms with van der Waals surface area (Å²) >= 11 is 0. The maximum Gasteiger partial charge on any atom is 0.229 e. The zero-order valence-electron chi connectivity index (χ0n) is 24.2. The number of carbonyl (C=O) groups excluding carboxylic acids is 2. The Hall–Kier alpha value is -2.61. The van der Waals surface area contributed by atoms with E-state index in [2.05, 4.69) is 57.2 Å². The molecule has 0 aromatic heterocycles. The molecule has 222 valence electrons. The molecule has 41 heavy (non-hydrogen) atoms. The average Bonchev–Trinajstić information content (AvgIpc) is 3.56. The number of hydrogen-bond donors (Lipinski definition) is 0. The van der Waals surface area contributed by atoms with Crippen LogP contribution in [0.5, 0.6) is 5.75 Å². The van der Waals surface area contributed by atoms with Gasteiger partial charge in [0.2, 0.25) is 11.8 Å². The molecule has 1 spiro atoms. The summed E-state index contributed by atoms with van der Waals surface area (Å²) in [6.45, 7) is 7.43. The number of nitrogens with zero attached hydrogens (tertiary/aromatic N) is 3. The van der Waals surface area contributed by atoms with Crippen LogP contribution in [0.1, 0.15) is 49.1 Å². The monoisotopic (exact) mass is 581 g/mol. The molecule has 2 atom stereocenters. The summed E-state index contributed by atoms with van der Waals surface area (Å²) in [7, 11) is 1.67. The molecule has 7 nitrogen and oxygen atoms in total. The first-order valence-electron chi connectivity index (χ1n) is 15.1. The number of amides is 2. The van der Waals surface area contributed by atoms with E-state index in [1.165, 1.54) is 5.56 Å². The third-order valence-corrected chi connectivity index (χ3v) is 9.99. The van der Waals surface area contributed by atoms with Gasteiger partial charge in [-0.1, -0.05) is 42.5 Å². The lowest BCUT2D eigenvalue weighted by molar-refractivity contribution is -0.139. The van der Waals surface area contributed by atoms with E-state index in [1.54, 1.807) is 7.11 Å². The topological polar surface area (TPSA) is 62.3 Å². The van der Waals surface area contributed by atoms with E-state index >= 15 is 0 Å². The van der Waals surface area contributed by atoms with Gasteiger partial charge >= 0.3 is 0 Å². The van der Waals surface area contributed by atoms with Gasteiger partial charge in [-0.2, -0.15) is 0 Å². The number of halogens is 1. The molecular formula is C33H44ClN3O4. The smallest absolute Gasteiger partial charge is 0.229 e. The van der Waals surface area contributed by atoms with Crippen molar-refractivity contribution in [2.75, 3.05) is 59.6 Å². The predicted octanol–water partition coefficient (Wildman–Crippen LogP) is 4.60. The van der Waals surface area contributed by atoms with Crippen LogP contribution in [-0.2, 0) is 20.9 Å². The molecule has 0 aliphatic carbocycles. The molecule has 6 rings (SSSR count). The Morgan fingerprint density at radius 1 is 0.951 bits per heavy atom. The fraction of sp³-hybridized carbons (Fsp3) is 0.576. The van der Waals surface area contributed by atoms with Gasteiger partial charge in [0.15, 0.2) is 0 Å². The van der Waals surface area contributed by atoms with Crippen LogP contribution in [-0.4, -0.2) is 86.1 Å². The van der Waals surface area contributed by atoms with Crippen LogP contribution in [0, 0.1) is 17.3 Å². The molecule has 8 heteroatoms. The van der Waals surface area contributed by atoms with Crippen LogP contribution >= 0.6 is 12.4 Å². The van der Waals surface area contributed by atoms with Crippen molar-refractivity contribution in [2.24, 2.45) is 17.3 Å². The highest BCUT2D eigenvalue weighted by molar-refractivity contribution is 5.85. The van der Waals surface area contributed by atoms with Crippen molar-refractivity contribution in [2.45, 2.75) is 44.6 Å². The fourth-order valence-corrected chi connectivity index (χ4v) is 7.47. The molecule has 0 saturated carbocycles. The Labute approximate surface area is 250 Å². The Morgan fingerprint density at radius 2 is 1.63 bits per heavy atom. The maximum absolute atomic E-state index is 13.6. The van der Waals surface area contributed by atoms with Crippen molar-refractivity contribution in [3.05, 3.63) is 65.7 Å². The minimum Gasteiger partial charge on any atom is -0.497 e. The second-order valence-corrected chi connectivity index (χ2v) is 12.3. The van der Waals surface area contributed by atoms with Gasteiger partial charge in [0.05, 0.1) is 12.5 Å². The van der Waals surface area contributed by atoms with E-state index in [4.69, 9.17) is 9.47 Å². The third kappa shape index (κ3) is 6.42. The zero-order chi connectivity index (χ0) is 27.5. The molecule has 4 fully saturated rings. The van der Waals surface area contributed by atoms with Gasteiger partial charge in [-0.05, 0) is 74.4 Å². The minimum atomic E-state index is -0.206. The predicted molar refractivity (Wildman–Crippen MR) is 161 cm³/mol. The number of hydrogen-bond acceptors (Lipinski definition) is 5. The number of piperidine rings is 1. The number of rotatable bonds is 7. The lowest BCUT2D eigenvalue weighted by Crippen LogP contribution is -2.46. The van der Waals surface area contributed by atoms with Crippen LogP contribution in [0.15, 0.2) is 54.6 Å². The van der Waals surface area contributed by atoms with Gasteiger partial charge in [-0.25, -0.2) is 0 Å². The van der Waals surface area contributed by atoms with Gasteiger partial charge in [-0.15, -0.1) is 12.4 Å². The lowest BCUT2D eigenvalue weighted by Gasteiger charge is -2.39. The molecule has 2 aromatic carbocycles. The van der Waals surface area contributed by atoms with Crippen molar-refractivity contribution in [3.8, 4) is 5.75 Å². The summed E-state index contributed by atoms with van der Waals surface area (Å²) in [5.41, 5.74) is 2.28. The van der Waals surface area contributed by atoms with E-state index in [0.717, 1.165) is 82.7 Å². The highest BCUT2D eigenvalue weighted by Gasteiger charge is 2.48. The summed E-state index contributed by atoms with van der Waals surface area (Å²) in [5.74, 6) is 2.36. The molecular weight excluding hydrogens is 538 g/mol. The maximum atomic E-state index is 13.6. The lowest BCUT2D eigenvalue weighted by atomic mass is 9.76. The van der Waals surface area contributed by atoms with Crippen molar-refractivity contribution >= 4 is 24.2 Å². The number of methoxy groups -OCH3 is 1. The van der Waals surface area contributed by atoms with E-state index in [-0.39, 0.29) is 23.7 Å². The summed E-state index contributed by atoms with van der Waals surface area (Å²) < 4.78 is 10.8. The number of ether oxygens (including phenoxy) is 2. The first kappa shape index (κ1) is 29.9. The molecule has 0 N–H and O–H groups in total. The van der Waals surface area contributed by atoms with Crippen LogP contribution in [0.3, 0.4) is 0 Å². The largest absolute Gasteiger partial charge is 0.497 e. The SMILES string of the molecule is COc1ccc(CN2CCC3(CCN(CC4CN(C(=O)C5CCOCC5)CC4c4ccccc4)CC3)C2=O)cc1.Cl.